The van der Waals surface area contributed by atoms with E-state index < -0.39 is 0 Å². The Labute approximate surface area is 94.6 Å². The number of carbonyl (C=O) groups is 1. The van der Waals surface area contributed by atoms with E-state index in [1.54, 1.807) is 31.2 Å². The van der Waals surface area contributed by atoms with Gasteiger partial charge in [-0.25, -0.2) is 0 Å². The number of hydrogen-bond acceptors (Lipinski definition) is 2. The maximum atomic E-state index is 11.0. The molecule has 15 heavy (non-hydrogen) atoms. The summed E-state index contributed by atoms with van der Waals surface area (Å²) >= 11 is 5.96. The van der Waals surface area contributed by atoms with E-state index in [2.05, 4.69) is 0 Å². The van der Waals surface area contributed by atoms with E-state index in [-0.39, 0.29) is 5.91 Å². The molecule has 4 heteroatoms. The number of nitrogens with zero attached hydrogens (tertiary/aromatic N) is 1. The minimum atomic E-state index is 0.0296. The van der Waals surface area contributed by atoms with E-state index >= 15 is 0 Å². The van der Waals surface area contributed by atoms with Crippen LogP contribution in [0.3, 0.4) is 0 Å². The molecule has 0 aliphatic carbocycles. The van der Waals surface area contributed by atoms with Crippen molar-refractivity contribution >= 4 is 17.5 Å². The number of ether oxygens (including phenoxy) is 1. The molecule has 1 rings (SSSR count). The summed E-state index contributed by atoms with van der Waals surface area (Å²) in [5.74, 6) is 0.674. The standard InChI is InChI=1S/C11H14ClNO2/c1-8(14)13(2)7-9-4-5-11(15-3)10(12)6-9/h4-6H,7H2,1-3H3. The summed E-state index contributed by atoms with van der Waals surface area (Å²) in [6.45, 7) is 2.09. The van der Waals surface area contributed by atoms with Gasteiger partial charge < -0.3 is 9.64 Å². The van der Waals surface area contributed by atoms with Gasteiger partial charge in [0.05, 0.1) is 12.1 Å². The number of methoxy groups -OCH3 is 1. The van der Waals surface area contributed by atoms with E-state index in [0.717, 1.165) is 5.56 Å². The highest BCUT2D eigenvalue weighted by molar-refractivity contribution is 6.32. The van der Waals surface area contributed by atoms with Crippen molar-refractivity contribution in [1.82, 2.24) is 4.90 Å². The predicted octanol–water partition coefficient (Wildman–Crippen LogP) is 2.33. The van der Waals surface area contributed by atoms with Gasteiger partial charge in [0.25, 0.3) is 0 Å². The van der Waals surface area contributed by atoms with Gasteiger partial charge in [-0.05, 0) is 17.7 Å². The highest BCUT2D eigenvalue weighted by Gasteiger charge is 2.06. The Morgan fingerprint density at radius 3 is 2.67 bits per heavy atom. The highest BCUT2D eigenvalue weighted by Crippen LogP contribution is 2.25. The van der Waals surface area contributed by atoms with Gasteiger partial charge in [0.15, 0.2) is 0 Å². The number of benzene rings is 1. The predicted molar refractivity (Wildman–Crippen MR) is 60.2 cm³/mol. The molecule has 0 atom stereocenters. The summed E-state index contributed by atoms with van der Waals surface area (Å²) in [7, 11) is 3.32. The second kappa shape index (κ2) is 5.03. The van der Waals surface area contributed by atoms with Crippen molar-refractivity contribution in [3.63, 3.8) is 0 Å². The van der Waals surface area contributed by atoms with E-state index in [1.165, 1.54) is 6.92 Å². The van der Waals surface area contributed by atoms with Gasteiger partial charge in [0.2, 0.25) is 5.91 Å². The largest absolute Gasteiger partial charge is 0.495 e. The molecule has 0 N–H and O–H groups in total. The summed E-state index contributed by atoms with van der Waals surface area (Å²) < 4.78 is 5.04. The van der Waals surface area contributed by atoms with Gasteiger partial charge in [-0.3, -0.25) is 4.79 Å². The first-order chi connectivity index (χ1) is 7.04. The second-order valence-corrected chi connectivity index (χ2v) is 3.75. The lowest BCUT2D eigenvalue weighted by Gasteiger charge is -2.15. The number of rotatable bonds is 3. The molecule has 0 heterocycles. The van der Waals surface area contributed by atoms with Crippen LogP contribution in [0.2, 0.25) is 5.02 Å². The molecule has 0 aliphatic rings. The first-order valence-corrected chi connectivity index (χ1v) is 4.96. The topological polar surface area (TPSA) is 29.5 Å². The molecule has 0 unspecified atom stereocenters. The quantitative estimate of drug-likeness (QED) is 0.793. The zero-order chi connectivity index (χ0) is 11.4. The van der Waals surface area contributed by atoms with E-state index in [0.29, 0.717) is 17.3 Å². The number of hydrogen-bond donors (Lipinski definition) is 0. The molecular formula is C11H14ClNO2. The van der Waals surface area contributed by atoms with Crippen molar-refractivity contribution in [1.29, 1.82) is 0 Å². The first kappa shape index (κ1) is 11.9. The monoisotopic (exact) mass is 227 g/mol. The normalized spacial score (nSPS) is 9.87. The van der Waals surface area contributed by atoms with Crippen LogP contribution in [0, 0.1) is 0 Å². The van der Waals surface area contributed by atoms with E-state index in [4.69, 9.17) is 16.3 Å². The third-order valence-corrected chi connectivity index (χ3v) is 2.47. The SMILES string of the molecule is COc1ccc(CN(C)C(C)=O)cc1Cl. The van der Waals surface area contributed by atoms with Crippen molar-refractivity contribution < 1.29 is 9.53 Å². The molecule has 0 saturated heterocycles. The van der Waals surface area contributed by atoms with Gasteiger partial charge in [0, 0.05) is 20.5 Å². The smallest absolute Gasteiger partial charge is 0.219 e. The van der Waals surface area contributed by atoms with Gasteiger partial charge >= 0.3 is 0 Å². The molecule has 82 valence electrons. The van der Waals surface area contributed by atoms with E-state index in [1.807, 2.05) is 6.07 Å². The maximum absolute atomic E-state index is 11.0. The van der Waals surface area contributed by atoms with Crippen LogP contribution in [0.4, 0.5) is 0 Å². The van der Waals surface area contributed by atoms with Crippen LogP contribution in [-0.2, 0) is 11.3 Å². The van der Waals surface area contributed by atoms with Crippen LogP contribution in [0.15, 0.2) is 18.2 Å². The van der Waals surface area contributed by atoms with Crippen molar-refractivity contribution in [3.8, 4) is 5.75 Å². The molecule has 0 spiro atoms. The van der Waals surface area contributed by atoms with E-state index in [9.17, 15) is 4.79 Å². The van der Waals surface area contributed by atoms with Gasteiger partial charge in [-0.15, -0.1) is 0 Å². The molecule has 0 aliphatic heterocycles. The number of halogens is 1. The Kier molecular flexibility index (Phi) is 3.97. The number of amides is 1. The summed E-state index contributed by atoms with van der Waals surface area (Å²) in [5, 5.41) is 0.562. The fourth-order valence-corrected chi connectivity index (χ4v) is 1.47. The maximum Gasteiger partial charge on any atom is 0.219 e. The average molecular weight is 228 g/mol. The van der Waals surface area contributed by atoms with Gasteiger partial charge in [-0.1, -0.05) is 17.7 Å². The Morgan fingerprint density at radius 2 is 2.20 bits per heavy atom. The summed E-state index contributed by atoms with van der Waals surface area (Å²) in [5.41, 5.74) is 0.985. The fourth-order valence-electron chi connectivity index (χ4n) is 1.19. The number of carbonyl (C=O) groups excluding carboxylic acids is 1. The molecule has 0 saturated carbocycles. The lowest BCUT2D eigenvalue weighted by molar-refractivity contribution is -0.128. The Bertz CT molecular complexity index is 366. The third kappa shape index (κ3) is 3.13. The lowest BCUT2D eigenvalue weighted by atomic mass is 10.2. The van der Waals surface area contributed by atoms with Gasteiger partial charge in [0.1, 0.15) is 5.75 Å². The third-order valence-electron chi connectivity index (χ3n) is 2.17. The molecule has 1 amide bonds. The molecule has 0 bridgehead atoms. The van der Waals surface area contributed by atoms with Crippen LogP contribution in [0.25, 0.3) is 0 Å². The van der Waals surface area contributed by atoms with Crippen LogP contribution in [-0.4, -0.2) is 25.0 Å². The summed E-state index contributed by atoms with van der Waals surface area (Å²) in [4.78, 5) is 12.6. The second-order valence-electron chi connectivity index (χ2n) is 3.34. The van der Waals surface area contributed by atoms with Crippen LogP contribution >= 0.6 is 11.6 Å². The lowest BCUT2D eigenvalue weighted by Crippen LogP contribution is -2.22. The van der Waals surface area contributed by atoms with Gasteiger partial charge in [-0.2, -0.15) is 0 Å². The summed E-state index contributed by atoms with van der Waals surface area (Å²) in [6, 6.07) is 5.50. The molecule has 1 aromatic carbocycles. The molecule has 1 aromatic rings. The first-order valence-electron chi connectivity index (χ1n) is 4.58. The minimum Gasteiger partial charge on any atom is -0.495 e. The Hall–Kier alpha value is -1.22. The van der Waals surface area contributed by atoms with Crippen LogP contribution < -0.4 is 4.74 Å². The molecule has 0 aromatic heterocycles. The molecule has 0 fully saturated rings. The fraction of sp³-hybridized carbons (Fsp3) is 0.364. The zero-order valence-electron chi connectivity index (χ0n) is 9.08. The Balaban J connectivity index is 2.79. The van der Waals surface area contributed by atoms with Crippen LogP contribution in [0.5, 0.6) is 5.75 Å². The average Bonchev–Trinajstić information content (AvgIpc) is 2.18. The summed E-state index contributed by atoms with van der Waals surface area (Å²) in [6.07, 6.45) is 0. The molecule has 3 nitrogen and oxygen atoms in total. The molecular weight excluding hydrogens is 214 g/mol. The van der Waals surface area contributed by atoms with Crippen molar-refractivity contribution in [2.45, 2.75) is 13.5 Å². The van der Waals surface area contributed by atoms with Crippen molar-refractivity contribution in [2.24, 2.45) is 0 Å². The van der Waals surface area contributed by atoms with Crippen molar-refractivity contribution in [3.05, 3.63) is 28.8 Å². The highest BCUT2D eigenvalue weighted by atomic mass is 35.5. The zero-order valence-corrected chi connectivity index (χ0v) is 9.84. The minimum absolute atomic E-state index is 0.0296. The molecule has 0 radical (unpaired) electrons. The van der Waals surface area contributed by atoms with Crippen LogP contribution in [0.1, 0.15) is 12.5 Å². The van der Waals surface area contributed by atoms with Crippen molar-refractivity contribution in [2.75, 3.05) is 14.2 Å². The Morgan fingerprint density at radius 1 is 1.53 bits per heavy atom.